The Labute approximate surface area is 246 Å². The summed E-state index contributed by atoms with van der Waals surface area (Å²) in [4.78, 5) is 41.7. The molecular weight excluding hydrogens is 619 g/mol. The van der Waals surface area contributed by atoms with Gasteiger partial charge < -0.3 is 14.9 Å². The number of amides is 2. The predicted molar refractivity (Wildman–Crippen MR) is 152 cm³/mol. The average molecular weight is 640 g/mol. The first-order valence-corrected chi connectivity index (χ1v) is 13.4. The number of carboxylic acids is 1. The minimum Gasteiger partial charge on any atom is -0.478 e. The normalized spacial score (nSPS) is 14.6. The monoisotopic (exact) mass is 638 g/mol. The standard InChI is InChI=1S/C28H21BrClFN6O4/c1-35(17-7-5-16(6-8-17)28(40)41)27(39)26-19-3-2-4-21(29)18(19)13-14-36(26)24(38)12-9-20-23(37-15-32-33-34-37)11-10-22(30)25(20)31/h2-12,15,26H,13-14H2,1H3,(H,40,41)/b12-9+/t26-/m1/s1. The van der Waals surface area contributed by atoms with Crippen LogP contribution in [-0.4, -0.2) is 61.6 Å². The molecule has 1 N–H and O–H groups in total. The molecule has 1 aromatic heterocycles. The highest BCUT2D eigenvalue weighted by Gasteiger charge is 2.38. The summed E-state index contributed by atoms with van der Waals surface area (Å²) in [6, 6.07) is 13.2. The number of hydrogen-bond acceptors (Lipinski definition) is 6. The van der Waals surface area contributed by atoms with Crippen LogP contribution < -0.4 is 4.90 Å². The Bertz CT molecular complexity index is 1680. The molecule has 4 aromatic rings. The van der Waals surface area contributed by atoms with Gasteiger partial charge in [-0.15, -0.1) is 5.10 Å². The summed E-state index contributed by atoms with van der Waals surface area (Å²) in [6.45, 7) is 0.221. The number of carbonyl (C=O) groups is 3. The largest absolute Gasteiger partial charge is 0.478 e. The lowest BCUT2D eigenvalue weighted by Crippen LogP contribution is -2.47. The summed E-state index contributed by atoms with van der Waals surface area (Å²) in [5.74, 6) is -2.77. The zero-order valence-corrected chi connectivity index (χ0v) is 23.8. The van der Waals surface area contributed by atoms with Gasteiger partial charge in [-0.25, -0.2) is 9.18 Å². The van der Waals surface area contributed by atoms with E-state index in [9.17, 15) is 19.5 Å². The lowest BCUT2D eigenvalue weighted by atomic mass is 9.91. The molecule has 41 heavy (non-hydrogen) atoms. The van der Waals surface area contributed by atoms with E-state index in [4.69, 9.17) is 11.6 Å². The first-order valence-electron chi connectivity index (χ1n) is 12.3. The fourth-order valence-electron chi connectivity index (χ4n) is 4.70. The highest BCUT2D eigenvalue weighted by molar-refractivity contribution is 9.10. The Balaban J connectivity index is 1.51. The molecule has 2 heterocycles. The molecule has 0 aliphatic carbocycles. The number of aromatic nitrogens is 4. The molecule has 1 atom stereocenters. The van der Waals surface area contributed by atoms with Crippen molar-refractivity contribution in [1.82, 2.24) is 25.1 Å². The Kier molecular flexibility index (Phi) is 7.95. The molecule has 0 radical (unpaired) electrons. The second-order valence-electron chi connectivity index (χ2n) is 9.12. The van der Waals surface area contributed by atoms with Crippen LogP contribution in [0.25, 0.3) is 11.8 Å². The molecule has 0 bridgehead atoms. The Morgan fingerprint density at radius 2 is 1.90 bits per heavy atom. The second-order valence-corrected chi connectivity index (χ2v) is 10.4. The zero-order valence-electron chi connectivity index (χ0n) is 21.4. The molecule has 0 unspecified atom stereocenters. The van der Waals surface area contributed by atoms with Crippen LogP contribution in [0.3, 0.4) is 0 Å². The fraction of sp³-hybridized carbons (Fsp3) is 0.143. The quantitative estimate of drug-likeness (QED) is 0.303. The van der Waals surface area contributed by atoms with Crippen LogP contribution in [0.1, 0.15) is 33.1 Å². The molecule has 0 fully saturated rings. The van der Waals surface area contributed by atoms with E-state index >= 15 is 4.39 Å². The van der Waals surface area contributed by atoms with E-state index in [-0.39, 0.29) is 28.4 Å². The van der Waals surface area contributed by atoms with Crippen LogP contribution in [0.5, 0.6) is 0 Å². The van der Waals surface area contributed by atoms with Crippen molar-refractivity contribution in [2.45, 2.75) is 12.5 Å². The number of anilines is 1. The summed E-state index contributed by atoms with van der Waals surface area (Å²) in [6.07, 6.45) is 4.24. The minimum absolute atomic E-state index is 0.00295. The average Bonchev–Trinajstić information content (AvgIpc) is 3.51. The molecule has 0 spiro atoms. The van der Waals surface area contributed by atoms with Crippen molar-refractivity contribution in [2.75, 3.05) is 18.5 Å². The number of carbonyl (C=O) groups excluding carboxylic acids is 2. The number of rotatable bonds is 6. The van der Waals surface area contributed by atoms with Crippen molar-refractivity contribution >= 4 is 57.1 Å². The second kappa shape index (κ2) is 11.6. The Morgan fingerprint density at radius 3 is 2.59 bits per heavy atom. The van der Waals surface area contributed by atoms with Crippen LogP contribution in [0.4, 0.5) is 10.1 Å². The summed E-state index contributed by atoms with van der Waals surface area (Å²) in [5.41, 5.74) is 2.35. The number of halogens is 3. The number of tetrazole rings is 1. The smallest absolute Gasteiger partial charge is 0.335 e. The van der Waals surface area contributed by atoms with Crippen molar-refractivity contribution in [1.29, 1.82) is 0 Å². The van der Waals surface area contributed by atoms with Crippen LogP contribution >= 0.6 is 27.5 Å². The molecule has 13 heteroatoms. The van der Waals surface area contributed by atoms with E-state index in [0.29, 0.717) is 17.7 Å². The maximum atomic E-state index is 15.1. The maximum Gasteiger partial charge on any atom is 0.335 e. The van der Waals surface area contributed by atoms with E-state index in [1.54, 1.807) is 19.2 Å². The lowest BCUT2D eigenvalue weighted by molar-refractivity contribution is -0.136. The first kappa shape index (κ1) is 28.1. The van der Waals surface area contributed by atoms with E-state index in [2.05, 4.69) is 31.5 Å². The van der Waals surface area contributed by atoms with Crippen LogP contribution in [-0.2, 0) is 16.0 Å². The zero-order chi connectivity index (χ0) is 29.3. The van der Waals surface area contributed by atoms with Gasteiger partial charge in [0.25, 0.3) is 5.91 Å². The molecule has 10 nitrogen and oxygen atoms in total. The SMILES string of the molecule is CN(C(=O)[C@H]1c2cccc(Br)c2CCN1C(=O)/C=C/c1c(-n2cnnn2)ccc(Cl)c1F)c1ccc(C(=O)O)cc1. The van der Waals surface area contributed by atoms with Crippen molar-refractivity contribution in [2.24, 2.45) is 0 Å². The Morgan fingerprint density at radius 1 is 1.15 bits per heavy atom. The predicted octanol–water partition coefficient (Wildman–Crippen LogP) is 4.72. The van der Waals surface area contributed by atoms with E-state index in [1.165, 1.54) is 69.4 Å². The fourth-order valence-corrected chi connectivity index (χ4v) is 5.45. The van der Waals surface area contributed by atoms with Gasteiger partial charge in [-0.3, -0.25) is 9.59 Å². The van der Waals surface area contributed by atoms with Gasteiger partial charge in [-0.1, -0.05) is 39.7 Å². The topological polar surface area (TPSA) is 122 Å². The molecule has 0 saturated carbocycles. The number of nitrogens with zero attached hydrogens (tertiary/aromatic N) is 6. The first-order chi connectivity index (χ1) is 19.7. The van der Waals surface area contributed by atoms with Crippen LogP contribution in [0.15, 0.2) is 71.5 Å². The minimum atomic E-state index is -1.08. The number of likely N-dealkylation sites (N-methyl/N-ethyl adjacent to an activating group) is 1. The highest BCUT2D eigenvalue weighted by Crippen LogP contribution is 2.36. The van der Waals surface area contributed by atoms with Gasteiger partial charge in [0, 0.05) is 35.4 Å². The molecule has 1 aliphatic rings. The third kappa shape index (κ3) is 5.48. The van der Waals surface area contributed by atoms with Gasteiger partial charge in [-0.2, -0.15) is 4.68 Å². The van der Waals surface area contributed by atoms with E-state index in [0.717, 1.165) is 10.0 Å². The molecule has 0 saturated heterocycles. The molecule has 208 valence electrons. The molecule has 5 rings (SSSR count). The van der Waals surface area contributed by atoms with Crippen molar-refractivity contribution in [3.63, 3.8) is 0 Å². The van der Waals surface area contributed by atoms with Crippen LogP contribution in [0, 0.1) is 5.82 Å². The third-order valence-electron chi connectivity index (χ3n) is 6.81. The number of hydrogen-bond donors (Lipinski definition) is 1. The molecular formula is C28H21BrClFN6O4. The van der Waals surface area contributed by atoms with E-state index < -0.39 is 29.6 Å². The molecule has 2 amide bonds. The summed E-state index contributed by atoms with van der Waals surface area (Å²) in [5, 5.41) is 20.0. The number of benzene rings is 3. The Hall–Kier alpha value is -4.42. The van der Waals surface area contributed by atoms with Gasteiger partial charge in [0.1, 0.15) is 12.4 Å². The molecule has 1 aliphatic heterocycles. The van der Waals surface area contributed by atoms with Gasteiger partial charge in [0.2, 0.25) is 5.91 Å². The molecule has 3 aromatic carbocycles. The van der Waals surface area contributed by atoms with Crippen molar-refractivity contribution in [3.8, 4) is 5.69 Å². The number of fused-ring (bicyclic) bond motifs is 1. The summed E-state index contributed by atoms with van der Waals surface area (Å²) >= 11 is 9.57. The summed E-state index contributed by atoms with van der Waals surface area (Å²) < 4.78 is 17.1. The van der Waals surface area contributed by atoms with Gasteiger partial charge >= 0.3 is 5.97 Å². The maximum absolute atomic E-state index is 15.1. The summed E-state index contributed by atoms with van der Waals surface area (Å²) in [7, 11) is 1.56. The third-order valence-corrected chi connectivity index (χ3v) is 7.85. The van der Waals surface area contributed by atoms with E-state index in [1.807, 2.05) is 6.07 Å². The van der Waals surface area contributed by atoms with Gasteiger partial charge in [0.05, 0.1) is 16.3 Å². The van der Waals surface area contributed by atoms with Crippen molar-refractivity contribution < 1.29 is 23.9 Å². The highest BCUT2D eigenvalue weighted by atomic mass is 79.9. The number of carboxylic acid groups (broad SMARTS) is 1. The van der Waals surface area contributed by atoms with Crippen LogP contribution in [0.2, 0.25) is 5.02 Å². The number of aromatic carboxylic acids is 1. The lowest BCUT2D eigenvalue weighted by Gasteiger charge is -2.38. The van der Waals surface area contributed by atoms with Gasteiger partial charge in [-0.05, 0) is 76.5 Å². The van der Waals surface area contributed by atoms with Gasteiger partial charge in [0.15, 0.2) is 5.82 Å². The van der Waals surface area contributed by atoms with Crippen molar-refractivity contribution in [3.05, 3.63) is 105 Å².